The molecule has 74 heavy (non-hydrogen) atoms. The van der Waals surface area contributed by atoms with Gasteiger partial charge in [-0.3, -0.25) is 19.2 Å². The number of anilines is 1. The van der Waals surface area contributed by atoms with Crippen molar-refractivity contribution in [3.63, 3.8) is 0 Å². The number of hydrogen-bond donors (Lipinski definition) is 4. The van der Waals surface area contributed by atoms with Gasteiger partial charge in [0.05, 0.1) is 40.2 Å². The third kappa shape index (κ3) is 10.7. The Morgan fingerprint density at radius 3 is 2.23 bits per heavy atom. The van der Waals surface area contributed by atoms with Gasteiger partial charge in [-0.2, -0.15) is 0 Å². The molecule has 6 heterocycles. The van der Waals surface area contributed by atoms with Crippen LogP contribution in [0.1, 0.15) is 143 Å². The number of aromatic nitrogens is 3. The van der Waals surface area contributed by atoms with Gasteiger partial charge in [-0.05, 0) is 137 Å². The number of nitrogens with zero attached hydrogens (tertiary/aromatic N) is 6. The number of ether oxygens (including phenoxy) is 1. The molecule has 4 aliphatic heterocycles. The van der Waals surface area contributed by atoms with Gasteiger partial charge in [-0.15, -0.1) is 0 Å². The van der Waals surface area contributed by atoms with Gasteiger partial charge in [0, 0.05) is 76.0 Å². The summed E-state index contributed by atoms with van der Waals surface area (Å²) in [5.74, 6) is 0.299. The minimum absolute atomic E-state index is 0.00722. The maximum absolute atomic E-state index is 16.5. The lowest BCUT2D eigenvalue weighted by Gasteiger charge is -2.61. The van der Waals surface area contributed by atoms with Crippen LogP contribution in [0, 0.1) is 23.1 Å². The highest BCUT2D eigenvalue weighted by molar-refractivity contribution is 6.30. The largest absolute Gasteiger partial charge is 0.375 e. The number of likely N-dealkylation sites (tertiary alicyclic amines) is 3. The van der Waals surface area contributed by atoms with Crippen molar-refractivity contribution in [2.24, 2.45) is 23.0 Å². The molecular formula is C57H74ClFN10O5. The van der Waals surface area contributed by atoms with Crippen LogP contribution in [0.5, 0.6) is 0 Å². The van der Waals surface area contributed by atoms with E-state index in [-0.39, 0.29) is 58.8 Å². The Kier molecular flexibility index (Phi) is 15.0. The molecule has 8 fully saturated rings. The normalized spacial score (nSPS) is 25.7. The predicted molar refractivity (Wildman–Crippen MR) is 282 cm³/mol. The zero-order valence-corrected chi connectivity index (χ0v) is 43.5. The van der Waals surface area contributed by atoms with Gasteiger partial charge in [0.15, 0.2) is 0 Å². The number of benzene rings is 2. The minimum Gasteiger partial charge on any atom is -0.375 e. The van der Waals surface area contributed by atoms with Gasteiger partial charge in [0.1, 0.15) is 29.7 Å². The third-order valence-electron chi connectivity index (χ3n) is 18.3. The van der Waals surface area contributed by atoms with Crippen LogP contribution in [0.2, 0.25) is 5.02 Å². The number of carbonyl (C=O) groups is 4. The van der Waals surface area contributed by atoms with Gasteiger partial charge >= 0.3 is 0 Å². The van der Waals surface area contributed by atoms with E-state index < -0.39 is 23.3 Å². The van der Waals surface area contributed by atoms with Crippen LogP contribution < -0.4 is 21.3 Å². The summed E-state index contributed by atoms with van der Waals surface area (Å²) in [6.45, 7) is 6.04. The van der Waals surface area contributed by atoms with E-state index in [0.717, 1.165) is 132 Å². The Bertz CT molecular complexity index is 2640. The smallest absolute Gasteiger partial charge is 0.254 e. The fourth-order valence-corrected chi connectivity index (χ4v) is 13.8. The number of aromatic amines is 1. The van der Waals surface area contributed by atoms with Crippen molar-refractivity contribution in [2.45, 2.75) is 145 Å². The van der Waals surface area contributed by atoms with Crippen LogP contribution in [0.15, 0.2) is 61.1 Å². The first-order valence-corrected chi connectivity index (χ1v) is 28.2. The molecule has 2 bridgehead atoms. The molecule has 8 aliphatic rings. The molecule has 4 amide bonds. The SMILES string of the molecule is NC1(C(=O)N[C@@H](CCN2CCC(OC3CCN(C(=O)[C@H](NC(=O)c4cccc(C5CCCN(C(=O)C67CC(C6)C7)C5)c4F)C4CCCCC4)CC3)CC2)c2ccc(Cl)cc2)CCN(c2ncnc3[nH]ccc23)CC1. The predicted octanol–water partition coefficient (Wildman–Crippen LogP) is 7.65. The Labute approximate surface area is 439 Å². The van der Waals surface area contributed by atoms with Crippen molar-refractivity contribution in [3.05, 3.63) is 88.6 Å². The van der Waals surface area contributed by atoms with Crippen molar-refractivity contribution < 1.29 is 28.3 Å². The van der Waals surface area contributed by atoms with Crippen molar-refractivity contribution in [1.82, 2.24) is 40.3 Å². The average Bonchev–Trinajstić information content (AvgIpc) is 3.94. The van der Waals surface area contributed by atoms with E-state index in [0.29, 0.717) is 75.0 Å². The van der Waals surface area contributed by atoms with Gasteiger partial charge < -0.3 is 45.7 Å². The van der Waals surface area contributed by atoms with Gasteiger partial charge in [0.25, 0.3) is 5.91 Å². The molecule has 5 N–H and O–H groups in total. The number of nitrogens with one attached hydrogen (secondary N) is 3. The van der Waals surface area contributed by atoms with Gasteiger partial charge in [-0.1, -0.05) is 55.1 Å². The highest BCUT2D eigenvalue weighted by atomic mass is 35.5. The zero-order valence-electron chi connectivity index (χ0n) is 42.8. The van der Waals surface area contributed by atoms with E-state index >= 15 is 4.39 Å². The van der Waals surface area contributed by atoms with Crippen molar-refractivity contribution in [3.8, 4) is 0 Å². The lowest BCUT2D eigenvalue weighted by Crippen LogP contribution is -2.62. The molecule has 1 unspecified atom stereocenters. The Balaban J connectivity index is 0.650. The minimum atomic E-state index is -1.01. The van der Waals surface area contributed by atoms with Crippen LogP contribution in [-0.4, -0.2) is 136 Å². The topological polar surface area (TPSA) is 182 Å². The summed E-state index contributed by atoms with van der Waals surface area (Å²) < 4.78 is 23.2. The highest BCUT2D eigenvalue weighted by Crippen LogP contribution is 2.65. The number of hydrogen-bond acceptors (Lipinski definition) is 10. The maximum Gasteiger partial charge on any atom is 0.254 e. The second-order valence-electron chi connectivity index (χ2n) is 23.1. The highest BCUT2D eigenvalue weighted by Gasteiger charge is 2.62. The number of nitrogens with two attached hydrogens (primary N) is 1. The number of H-pyrrole nitrogens is 1. The third-order valence-corrected chi connectivity index (χ3v) is 18.6. The number of amides is 4. The van der Waals surface area contributed by atoms with E-state index in [1.54, 1.807) is 18.5 Å². The molecule has 396 valence electrons. The average molecular weight is 1030 g/mol. The Morgan fingerprint density at radius 1 is 0.811 bits per heavy atom. The van der Waals surface area contributed by atoms with Crippen molar-refractivity contribution in [2.75, 3.05) is 63.8 Å². The molecule has 2 aromatic heterocycles. The summed E-state index contributed by atoms with van der Waals surface area (Å²) in [6, 6.07) is 13.7. The Hall–Kier alpha value is -5.16. The number of rotatable bonds is 15. The summed E-state index contributed by atoms with van der Waals surface area (Å²) in [5, 5.41) is 8.01. The fraction of sp³-hybridized carbons (Fsp3) is 0.614. The molecule has 4 saturated heterocycles. The van der Waals surface area contributed by atoms with Crippen LogP contribution in [0.3, 0.4) is 0 Å². The standard InChI is InChI=1S/C57H74ClFN10O5/c58-41-13-11-38(12-14-41)47(64-54(72)57(60)21-30-67(31-22-57)51-46-15-23-61-50(46)62-36-63-51)20-27-66-25-16-42(17-26-66)74-43-18-28-68(29-19-43)53(71)49(39-6-2-1-3-7-39)65-52(70)45-10-4-9-44(48(45)59)40-8-5-24-69(35-40)55(73)56-32-37(33-56)34-56/h4,9-15,23,36-37,39-40,42-43,47,49H,1-3,5-8,16-22,24-35,60H2,(H,64,72)(H,65,70)(H,61,62,63)/t37?,40?,47-,49+,56?/m0/s1. The van der Waals surface area contributed by atoms with Crippen LogP contribution >= 0.6 is 11.6 Å². The lowest BCUT2D eigenvalue weighted by atomic mass is 9.44. The molecule has 4 aromatic rings. The van der Waals surface area contributed by atoms with Gasteiger partial charge in [-0.25, -0.2) is 14.4 Å². The van der Waals surface area contributed by atoms with E-state index in [4.69, 9.17) is 22.1 Å². The molecular weight excluding hydrogens is 959 g/mol. The molecule has 12 rings (SSSR count). The monoisotopic (exact) mass is 1030 g/mol. The zero-order chi connectivity index (χ0) is 51.0. The second kappa shape index (κ2) is 21.8. The first kappa shape index (κ1) is 51.0. The molecule has 4 aliphatic carbocycles. The van der Waals surface area contributed by atoms with E-state index in [1.165, 1.54) is 6.07 Å². The number of piperidine rings is 4. The first-order valence-electron chi connectivity index (χ1n) is 27.9. The van der Waals surface area contributed by atoms with Crippen LogP contribution in [0.25, 0.3) is 11.0 Å². The van der Waals surface area contributed by atoms with E-state index in [9.17, 15) is 19.2 Å². The summed E-state index contributed by atoms with van der Waals surface area (Å²) in [4.78, 5) is 76.5. The van der Waals surface area contributed by atoms with Gasteiger partial charge in [0.2, 0.25) is 17.7 Å². The summed E-state index contributed by atoms with van der Waals surface area (Å²) in [5.41, 5.74) is 7.94. The second-order valence-corrected chi connectivity index (χ2v) is 23.5. The molecule has 0 spiro atoms. The molecule has 0 radical (unpaired) electrons. The molecule has 4 saturated carbocycles. The molecule has 17 heteroatoms. The summed E-state index contributed by atoms with van der Waals surface area (Å²) in [6.07, 6.45) is 17.9. The lowest BCUT2D eigenvalue weighted by molar-refractivity contribution is -0.178. The summed E-state index contributed by atoms with van der Waals surface area (Å²) in [7, 11) is 0. The molecule has 3 atom stereocenters. The van der Waals surface area contributed by atoms with Crippen LogP contribution in [0.4, 0.5) is 10.2 Å². The quantitative estimate of drug-likeness (QED) is 0.0924. The molecule has 2 aromatic carbocycles. The summed E-state index contributed by atoms with van der Waals surface area (Å²) >= 11 is 6.30. The number of fused-ring (bicyclic) bond motifs is 1. The van der Waals surface area contributed by atoms with Crippen molar-refractivity contribution in [1.29, 1.82) is 0 Å². The van der Waals surface area contributed by atoms with Crippen LogP contribution in [-0.2, 0) is 19.1 Å². The van der Waals surface area contributed by atoms with E-state index in [1.807, 2.05) is 46.3 Å². The fourth-order valence-electron chi connectivity index (χ4n) is 13.6. The number of halogens is 2. The van der Waals surface area contributed by atoms with E-state index in [2.05, 4.69) is 35.4 Å². The maximum atomic E-state index is 16.5. The van der Waals surface area contributed by atoms with Crippen molar-refractivity contribution >= 4 is 52.1 Å². The molecule has 15 nitrogen and oxygen atoms in total. The number of carbonyl (C=O) groups excluding carboxylic acids is 4. The Morgan fingerprint density at radius 2 is 1.53 bits per heavy atom. The first-order chi connectivity index (χ1) is 35.9.